The first-order chi connectivity index (χ1) is 9.36. The molecule has 0 amide bonds. The van der Waals surface area contributed by atoms with Gasteiger partial charge in [0, 0.05) is 49.5 Å². The van der Waals surface area contributed by atoms with E-state index in [1.807, 2.05) is 11.7 Å². The molecule has 2 N–H and O–H groups in total. The van der Waals surface area contributed by atoms with Crippen LogP contribution in [0.1, 0.15) is 44.9 Å². The molecule has 5 nitrogen and oxygen atoms in total. The van der Waals surface area contributed by atoms with E-state index >= 15 is 0 Å². The second-order valence-electron chi connectivity index (χ2n) is 6.83. The molecule has 0 bridgehead atoms. The van der Waals surface area contributed by atoms with Crippen LogP contribution in [0.3, 0.4) is 0 Å². The van der Waals surface area contributed by atoms with E-state index in [-0.39, 0.29) is 17.6 Å². The maximum atomic E-state index is 9.72. The summed E-state index contributed by atoms with van der Waals surface area (Å²) in [6.45, 7) is 8.85. The molecule has 0 saturated carbocycles. The van der Waals surface area contributed by atoms with E-state index in [2.05, 4.69) is 37.4 Å². The summed E-state index contributed by atoms with van der Waals surface area (Å²) in [5.41, 5.74) is 2.15. The molecular weight excluding hydrogens is 254 g/mol. The zero-order chi connectivity index (χ0) is 14.8. The van der Waals surface area contributed by atoms with Gasteiger partial charge in [-0.25, -0.2) is 0 Å². The summed E-state index contributed by atoms with van der Waals surface area (Å²) < 4.78 is 7.26. The summed E-state index contributed by atoms with van der Waals surface area (Å²) in [5, 5.41) is 17.8. The predicted octanol–water partition coefficient (Wildman–Crippen LogP) is 1.35. The number of rotatable bonds is 4. The van der Waals surface area contributed by atoms with Gasteiger partial charge in [0.25, 0.3) is 0 Å². The van der Waals surface area contributed by atoms with Gasteiger partial charge in [-0.15, -0.1) is 0 Å². The molecule has 1 aliphatic rings. The molecule has 2 heterocycles. The van der Waals surface area contributed by atoms with Crippen LogP contribution in [0.4, 0.5) is 0 Å². The summed E-state index contributed by atoms with van der Waals surface area (Å²) in [4.78, 5) is 0. The fraction of sp³-hybridized carbons (Fsp3) is 0.800. The predicted molar refractivity (Wildman–Crippen MR) is 78.6 cm³/mol. The Kier molecular flexibility index (Phi) is 4.52. The van der Waals surface area contributed by atoms with Crippen molar-refractivity contribution in [2.24, 2.45) is 7.05 Å². The van der Waals surface area contributed by atoms with E-state index in [9.17, 15) is 5.11 Å². The smallest absolute Gasteiger partial charge is 0.0722 e. The molecule has 1 fully saturated rings. The maximum Gasteiger partial charge on any atom is 0.0722 e. The number of nitrogens with one attached hydrogen (secondary N) is 1. The van der Waals surface area contributed by atoms with Crippen molar-refractivity contribution in [3.63, 3.8) is 0 Å². The van der Waals surface area contributed by atoms with Crippen LogP contribution in [0.2, 0.25) is 0 Å². The highest BCUT2D eigenvalue weighted by Gasteiger charge is 2.32. The van der Waals surface area contributed by atoms with Gasteiger partial charge >= 0.3 is 0 Å². The molecule has 1 aromatic rings. The monoisotopic (exact) mass is 281 g/mol. The van der Waals surface area contributed by atoms with Gasteiger partial charge in [-0.2, -0.15) is 5.10 Å². The molecule has 0 atom stereocenters. The Morgan fingerprint density at radius 3 is 2.60 bits per heavy atom. The molecular formula is C15H27N3O2. The van der Waals surface area contributed by atoms with E-state index in [1.165, 1.54) is 5.56 Å². The van der Waals surface area contributed by atoms with Crippen molar-refractivity contribution in [2.75, 3.05) is 19.8 Å². The fourth-order valence-electron chi connectivity index (χ4n) is 2.73. The largest absolute Gasteiger partial charge is 0.394 e. The summed E-state index contributed by atoms with van der Waals surface area (Å²) in [6.07, 6.45) is 3.78. The lowest BCUT2D eigenvalue weighted by molar-refractivity contribution is 0.0111. The first-order valence-corrected chi connectivity index (χ1v) is 7.33. The second-order valence-corrected chi connectivity index (χ2v) is 6.83. The Bertz CT molecular complexity index is 442. The number of nitrogens with zero attached hydrogens (tertiary/aromatic N) is 2. The Hall–Kier alpha value is -0.910. The number of hydrogen-bond acceptors (Lipinski definition) is 4. The van der Waals surface area contributed by atoms with Crippen molar-refractivity contribution >= 4 is 0 Å². The highest BCUT2D eigenvalue weighted by molar-refractivity contribution is 5.24. The molecule has 1 saturated heterocycles. The van der Waals surface area contributed by atoms with E-state index < -0.39 is 0 Å². The Morgan fingerprint density at radius 1 is 1.40 bits per heavy atom. The van der Waals surface area contributed by atoms with Gasteiger partial charge in [0.1, 0.15) is 0 Å². The van der Waals surface area contributed by atoms with Gasteiger partial charge in [-0.3, -0.25) is 4.68 Å². The molecule has 114 valence electrons. The third kappa shape index (κ3) is 3.40. The second kappa shape index (κ2) is 5.84. The van der Waals surface area contributed by atoms with Gasteiger partial charge in [-0.05, 0) is 12.8 Å². The maximum absolute atomic E-state index is 9.72. The van der Waals surface area contributed by atoms with Crippen LogP contribution < -0.4 is 5.32 Å². The van der Waals surface area contributed by atoms with Gasteiger partial charge in [0.2, 0.25) is 0 Å². The van der Waals surface area contributed by atoms with E-state index in [0.717, 1.165) is 25.1 Å². The highest BCUT2D eigenvalue weighted by atomic mass is 16.5. The lowest BCUT2D eigenvalue weighted by Crippen LogP contribution is -2.52. The van der Waals surface area contributed by atoms with Crippen molar-refractivity contribution in [3.05, 3.63) is 17.5 Å². The zero-order valence-corrected chi connectivity index (χ0v) is 13.1. The molecule has 0 unspecified atom stereocenters. The number of aromatic nitrogens is 2. The number of aryl methyl sites for hydroxylation is 1. The first-order valence-electron chi connectivity index (χ1n) is 7.33. The quantitative estimate of drug-likeness (QED) is 0.874. The fourth-order valence-corrected chi connectivity index (χ4v) is 2.73. The van der Waals surface area contributed by atoms with Crippen LogP contribution in [0.25, 0.3) is 0 Å². The number of ether oxygens (including phenoxy) is 1. The third-order valence-corrected chi connectivity index (χ3v) is 4.02. The molecule has 0 aliphatic carbocycles. The minimum absolute atomic E-state index is 0.0281. The van der Waals surface area contributed by atoms with Crippen LogP contribution in [-0.4, -0.2) is 40.2 Å². The Morgan fingerprint density at radius 2 is 2.05 bits per heavy atom. The van der Waals surface area contributed by atoms with Crippen molar-refractivity contribution in [3.8, 4) is 0 Å². The van der Waals surface area contributed by atoms with Crippen molar-refractivity contribution in [2.45, 2.75) is 51.1 Å². The van der Waals surface area contributed by atoms with Crippen molar-refractivity contribution in [1.82, 2.24) is 15.1 Å². The molecule has 0 spiro atoms. The van der Waals surface area contributed by atoms with Gasteiger partial charge < -0.3 is 15.2 Å². The SMILES string of the molecule is Cn1cc(CNC2(CO)CCOCC2)c(C(C)(C)C)n1. The lowest BCUT2D eigenvalue weighted by Gasteiger charge is -2.36. The normalized spacial score (nSPS) is 19.2. The minimum atomic E-state index is -0.205. The third-order valence-electron chi connectivity index (χ3n) is 4.02. The summed E-state index contributed by atoms with van der Waals surface area (Å²) >= 11 is 0. The van der Waals surface area contributed by atoms with Gasteiger partial charge in [-0.1, -0.05) is 20.8 Å². The molecule has 20 heavy (non-hydrogen) atoms. The summed E-state index contributed by atoms with van der Waals surface area (Å²) in [5.74, 6) is 0. The Balaban J connectivity index is 2.10. The van der Waals surface area contributed by atoms with Crippen LogP contribution in [0, 0.1) is 0 Å². The minimum Gasteiger partial charge on any atom is -0.394 e. The standard InChI is InChI=1S/C15H27N3O2/c1-14(2,3)13-12(10-18(4)17-13)9-16-15(11-19)5-7-20-8-6-15/h10,16,19H,5-9,11H2,1-4H3. The molecule has 0 aromatic carbocycles. The average Bonchev–Trinajstić information content (AvgIpc) is 2.79. The summed E-state index contributed by atoms with van der Waals surface area (Å²) in [7, 11) is 1.95. The first kappa shape index (κ1) is 15.5. The molecule has 1 aromatic heterocycles. The molecule has 1 aliphatic heterocycles. The van der Waals surface area contributed by atoms with Crippen molar-refractivity contribution < 1.29 is 9.84 Å². The zero-order valence-electron chi connectivity index (χ0n) is 13.1. The van der Waals surface area contributed by atoms with Crippen LogP contribution >= 0.6 is 0 Å². The lowest BCUT2D eigenvalue weighted by atomic mass is 9.88. The van der Waals surface area contributed by atoms with E-state index in [1.54, 1.807) is 0 Å². The van der Waals surface area contributed by atoms with Crippen LogP contribution in [-0.2, 0) is 23.7 Å². The molecule has 5 heteroatoms. The highest BCUT2D eigenvalue weighted by Crippen LogP contribution is 2.26. The molecule has 2 rings (SSSR count). The van der Waals surface area contributed by atoms with Gasteiger partial charge in [0.15, 0.2) is 0 Å². The number of aliphatic hydroxyl groups is 1. The van der Waals surface area contributed by atoms with E-state index in [0.29, 0.717) is 13.2 Å². The number of aliphatic hydroxyl groups excluding tert-OH is 1. The van der Waals surface area contributed by atoms with Crippen molar-refractivity contribution in [1.29, 1.82) is 0 Å². The average molecular weight is 281 g/mol. The molecule has 0 radical (unpaired) electrons. The van der Waals surface area contributed by atoms with E-state index in [4.69, 9.17) is 4.74 Å². The van der Waals surface area contributed by atoms with Crippen LogP contribution in [0.15, 0.2) is 6.20 Å². The number of hydrogen-bond donors (Lipinski definition) is 2. The summed E-state index contributed by atoms with van der Waals surface area (Å²) in [6, 6.07) is 0. The Labute approximate surface area is 121 Å². The van der Waals surface area contributed by atoms with Gasteiger partial charge in [0.05, 0.1) is 12.3 Å². The van der Waals surface area contributed by atoms with Crippen LogP contribution in [0.5, 0.6) is 0 Å². The topological polar surface area (TPSA) is 59.3 Å².